The monoisotopic (exact) mass is 424 g/mol. The van der Waals surface area contributed by atoms with Crippen LogP contribution in [0.25, 0.3) is 0 Å². The topological polar surface area (TPSA) is 99.3 Å². The second kappa shape index (κ2) is 9.00. The molecule has 0 spiro atoms. The molecule has 3 rings (SSSR count). The molecule has 2 aliphatic heterocycles. The predicted molar refractivity (Wildman–Crippen MR) is 108 cm³/mol. The average molecular weight is 425 g/mol. The van der Waals surface area contributed by atoms with Gasteiger partial charge in [-0.15, -0.1) is 0 Å². The zero-order valence-electron chi connectivity index (χ0n) is 16.9. The summed E-state index contributed by atoms with van der Waals surface area (Å²) in [6, 6.07) is 4.39. The number of benzene rings is 1. The number of piperazine rings is 1. The fraction of sp³-hybridized carbons (Fsp3) is 0.579. The van der Waals surface area contributed by atoms with Crippen LogP contribution in [0.3, 0.4) is 0 Å². The van der Waals surface area contributed by atoms with E-state index in [1.165, 1.54) is 36.5 Å². The molecule has 2 aliphatic rings. The Labute approximate surface area is 171 Å². The quantitative estimate of drug-likeness (QED) is 0.791. The maximum Gasteiger partial charge on any atom is 0.320 e. The number of hydrogen-bond acceptors (Lipinski definition) is 5. The molecule has 1 N–H and O–H groups in total. The number of carbonyl (C=O) groups is 2. The van der Waals surface area contributed by atoms with E-state index >= 15 is 0 Å². The Balaban J connectivity index is 1.69. The van der Waals surface area contributed by atoms with Crippen molar-refractivity contribution in [2.75, 3.05) is 51.7 Å². The van der Waals surface area contributed by atoms with Gasteiger partial charge in [-0.1, -0.05) is 0 Å². The first-order valence-electron chi connectivity index (χ1n) is 9.82. The van der Waals surface area contributed by atoms with Crippen LogP contribution in [-0.2, 0) is 14.8 Å². The number of sulfonamides is 1. The van der Waals surface area contributed by atoms with Gasteiger partial charge in [-0.05, 0) is 37.5 Å². The zero-order chi connectivity index (χ0) is 21.0. The number of piperidine rings is 1. The third-order valence-electron chi connectivity index (χ3n) is 5.26. The van der Waals surface area contributed by atoms with Gasteiger partial charge in [0, 0.05) is 46.2 Å². The second-order valence-corrected chi connectivity index (χ2v) is 9.20. The summed E-state index contributed by atoms with van der Waals surface area (Å²) in [6.07, 6.45) is 3.19. The van der Waals surface area contributed by atoms with E-state index in [1.54, 1.807) is 4.90 Å². The van der Waals surface area contributed by atoms with Gasteiger partial charge in [-0.25, -0.2) is 13.2 Å². The first kappa shape index (κ1) is 21.4. The first-order valence-corrected chi connectivity index (χ1v) is 11.3. The van der Waals surface area contributed by atoms with Gasteiger partial charge in [-0.3, -0.25) is 4.79 Å². The van der Waals surface area contributed by atoms with Gasteiger partial charge >= 0.3 is 6.03 Å². The molecule has 0 atom stereocenters. The van der Waals surface area contributed by atoms with Crippen molar-refractivity contribution in [1.29, 1.82) is 0 Å². The Kier molecular flexibility index (Phi) is 6.63. The molecule has 2 fully saturated rings. The van der Waals surface area contributed by atoms with Crippen molar-refractivity contribution in [1.82, 2.24) is 14.1 Å². The van der Waals surface area contributed by atoms with E-state index < -0.39 is 10.0 Å². The molecule has 1 aromatic carbocycles. The lowest BCUT2D eigenvalue weighted by molar-refractivity contribution is -0.114. The molecule has 0 aromatic heterocycles. The number of urea groups is 1. The van der Waals surface area contributed by atoms with Crippen LogP contribution in [0, 0.1) is 0 Å². The molecule has 0 aliphatic carbocycles. The molecule has 29 heavy (non-hydrogen) atoms. The largest absolute Gasteiger partial charge is 0.495 e. The Morgan fingerprint density at radius 1 is 0.966 bits per heavy atom. The van der Waals surface area contributed by atoms with Crippen molar-refractivity contribution in [3.63, 3.8) is 0 Å². The summed E-state index contributed by atoms with van der Waals surface area (Å²) in [7, 11) is -2.29. The zero-order valence-corrected chi connectivity index (χ0v) is 17.7. The molecule has 10 heteroatoms. The number of rotatable bonds is 4. The summed E-state index contributed by atoms with van der Waals surface area (Å²) in [4.78, 5) is 27.7. The molecule has 3 amide bonds. The molecule has 2 heterocycles. The van der Waals surface area contributed by atoms with Crippen LogP contribution < -0.4 is 10.1 Å². The average Bonchev–Trinajstić information content (AvgIpc) is 2.73. The van der Waals surface area contributed by atoms with Crippen LogP contribution in [0.5, 0.6) is 5.75 Å². The highest BCUT2D eigenvalue weighted by molar-refractivity contribution is 7.89. The highest BCUT2D eigenvalue weighted by Gasteiger charge is 2.32. The number of nitrogens with zero attached hydrogens (tertiary/aromatic N) is 3. The number of amides is 3. The van der Waals surface area contributed by atoms with Gasteiger partial charge in [0.25, 0.3) is 0 Å². The standard InChI is InChI=1S/C19H28N4O5S/c1-15(24)20-17-14-16(6-7-18(17)28-2)29(26,27)23-12-10-22(11-13-23)19(25)21-8-4-3-5-9-21/h6-7,14H,3-5,8-13H2,1-2H3,(H,20,24). The van der Waals surface area contributed by atoms with Gasteiger partial charge in [0.1, 0.15) is 5.75 Å². The van der Waals surface area contributed by atoms with Crippen molar-refractivity contribution in [3.05, 3.63) is 18.2 Å². The minimum Gasteiger partial charge on any atom is -0.495 e. The lowest BCUT2D eigenvalue weighted by Gasteiger charge is -2.38. The van der Waals surface area contributed by atoms with Gasteiger partial charge in [0.05, 0.1) is 17.7 Å². The van der Waals surface area contributed by atoms with Gasteiger partial charge in [-0.2, -0.15) is 4.31 Å². The lowest BCUT2D eigenvalue weighted by Crippen LogP contribution is -2.54. The predicted octanol–water partition coefficient (Wildman–Crippen LogP) is 1.57. The summed E-state index contributed by atoms with van der Waals surface area (Å²) < 4.78 is 32.7. The number of likely N-dealkylation sites (tertiary alicyclic amines) is 1. The van der Waals surface area contributed by atoms with E-state index in [0.29, 0.717) is 24.5 Å². The van der Waals surface area contributed by atoms with Crippen LogP contribution in [-0.4, -0.2) is 80.8 Å². The van der Waals surface area contributed by atoms with Crippen LogP contribution in [0.1, 0.15) is 26.2 Å². The van der Waals surface area contributed by atoms with Crippen molar-refractivity contribution in [3.8, 4) is 5.75 Å². The molecule has 0 unspecified atom stereocenters. The number of carbonyl (C=O) groups excluding carboxylic acids is 2. The number of hydrogen-bond donors (Lipinski definition) is 1. The van der Waals surface area contributed by atoms with E-state index in [9.17, 15) is 18.0 Å². The van der Waals surface area contributed by atoms with Crippen molar-refractivity contribution < 1.29 is 22.7 Å². The minimum atomic E-state index is -3.74. The maximum atomic E-state index is 13.1. The van der Waals surface area contributed by atoms with E-state index in [0.717, 1.165) is 32.4 Å². The molecule has 0 saturated carbocycles. The number of anilines is 1. The Morgan fingerprint density at radius 3 is 2.17 bits per heavy atom. The second-order valence-electron chi connectivity index (χ2n) is 7.26. The fourth-order valence-electron chi connectivity index (χ4n) is 3.69. The van der Waals surface area contributed by atoms with Gasteiger partial charge in [0.15, 0.2) is 0 Å². The molecule has 0 radical (unpaired) electrons. The number of ether oxygens (including phenoxy) is 1. The van der Waals surface area contributed by atoms with E-state index in [4.69, 9.17) is 4.74 Å². The van der Waals surface area contributed by atoms with Crippen LogP contribution in [0.2, 0.25) is 0 Å². The summed E-state index contributed by atoms with van der Waals surface area (Å²) in [6.45, 7) is 4.10. The van der Waals surface area contributed by atoms with Crippen molar-refractivity contribution in [2.24, 2.45) is 0 Å². The molecule has 0 bridgehead atoms. The number of methoxy groups -OCH3 is 1. The van der Waals surface area contributed by atoms with E-state index in [-0.39, 0.29) is 29.9 Å². The molecular weight excluding hydrogens is 396 g/mol. The fourth-order valence-corrected chi connectivity index (χ4v) is 5.14. The summed E-state index contributed by atoms with van der Waals surface area (Å²) in [5, 5.41) is 2.59. The highest BCUT2D eigenvalue weighted by atomic mass is 32.2. The van der Waals surface area contributed by atoms with Crippen molar-refractivity contribution in [2.45, 2.75) is 31.1 Å². The van der Waals surface area contributed by atoms with Crippen LogP contribution in [0.15, 0.2) is 23.1 Å². The third kappa shape index (κ3) is 4.81. The Hall–Kier alpha value is -2.33. The van der Waals surface area contributed by atoms with Crippen molar-refractivity contribution >= 4 is 27.6 Å². The summed E-state index contributed by atoms with van der Waals surface area (Å²) >= 11 is 0. The number of nitrogens with one attached hydrogen (secondary N) is 1. The normalized spacial score (nSPS) is 18.4. The molecule has 160 valence electrons. The lowest BCUT2D eigenvalue weighted by atomic mass is 10.1. The van der Waals surface area contributed by atoms with Gasteiger partial charge in [0.2, 0.25) is 15.9 Å². The Bertz CT molecular complexity index is 859. The third-order valence-corrected chi connectivity index (χ3v) is 7.15. The molecule has 9 nitrogen and oxygen atoms in total. The van der Waals surface area contributed by atoms with E-state index in [1.807, 2.05) is 4.90 Å². The molecular formula is C19H28N4O5S. The summed E-state index contributed by atoms with van der Waals surface area (Å²) in [5.41, 5.74) is 0.306. The molecule has 2 saturated heterocycles. The van der Waals surface area contributed by atoms with Crippen LogP contribution in [0.4, 0.5) is 10.5 Å². The van der Waals surface area contributed by atoms with Crippen LogP contribution >= 0.6 is 0 Å². The maximum absolute atomic E-state index is 13.1. The first-order chi connectivity index (χ1) is 13.8. The Morgan fingerprint density at radius 2 is 1.59 bits per heavy atom. The highest BCUT2D eigenvalue weighted by Crippen LogP contribution is 2.29. The van der Waals surface area contributed by atoms with Gasteiger partial charge < -0.3 is 19.9 Å². The SMILES string of the molecule is COc1ccc(S(=O)(=O)N2CCN(C(=O)N3CCCCC3)CC2)cc1NC(C)=O. The molecule has 1 aromatic rings. The minimum absolute atomic E-state index is 0.000796. The summed E-state index contributed by atoms with van der Waals surface area (Å²) in [5.74, 6) is 0.0683. The van der Waals surface area contributed by atoms with E-state index in [2.05, 4.69) is 5.32 Å². The smallest absolute Gasteiger partial charge is 0.320 e.